The van der Waals surface area contributed by atoms with Crippen LogP contribution in [0.1, 0.15) is 22.3 Å². The lowest BCUT2D eigenvalue weighted by atomic mass is 10.0. The molecule has 0 saturated carbocycles. The van der Waals surface area contributed by atoms with Crippen LogP contribution < -0.4 is 0 Å². The fourth-order valence-corrected chi connectivity index (χ4v) is 5.48. The molecule has 0 bridgehead atoms. The average Bonchev–Trinajstić information content (AvgIpc) is 3.47. The van der Waals surface area contributed by atoms with Crippen molar-refractivity contribution in [2.45, 2.75) is 12.7 Å². The predicted molar refractivity (Wildman–Crippen MR) is 138 cm³/mol. The summed E-state index contributed by atoms with van der Waals surface area (Å²) in [5.74, 6) is -0.306. The number of carbonyl (C=O) groups excluding carboxylic acids is 1. The van der Waals surface area contributed by atoms with Gasteiger partial charge in [-0.2, -0.15) is 28.5 Å². The molecule has 0 aliphatic carbocycles. The summed E-state index contributed by atoms with van der Waals surface area (Å²) >= 11 is 1.32. The van der Waals surface area contributed by atoms with Crippen molar-refractivity contribution in [3.8, 4) is 6.07 Å². The molecular formula is C26H23F3N6O2S. The second-order valence-electron chi connectivity index (χ2n) is 8.96. The van der Waals surface area contributed by atoms with E-state index < -0.39 is 11.7 Å². The number of benzene rings is 2. The highest BCUT2D eigenvalue weighted by Crippen LogP contribution is 2.34. The smallest absolute Gasteiger partial charge is 0.395 e. The Bertz CT molecular complexity index is 1480. The summed E-state index contributed by atoms with van der Waals surface area (Å²) in [4.78, 5) is 21.5. The van der Waals surface area contributed by atoms with Gasteiger partial charge in [-0.3, -0.25) is 14.4 Å². The Labute approximate surface area is 220 Å². The highest BCUT2D eigenvalue weighted by atomic mass is 32.2. The van der Waals surface area contributed by atoms with Gasteiger partial charge in [0.2, 0.25) is 0 Å². The van der Waals surface area contributed by atoms with E-state index in [1.165, 1.54) is 28.6 Å². The van der Waals surface area contributed by atoms with Crippen LogP contribution in [0.4, 0.5) is 13.2 Å². The number of aliphatic imine (C=N–C) groups is 1. The molecule has 1 saturated heterocycles. The van der Waals surface area contributed by atoms with Crippen LogP contribution in [0, 0.1) is 11.3 Å². The number of hydrogen-bond acceptors (Lipinski definition) is 7. The first-order valence-electron chi connectivity index (χ1n) is 11.9. The zero-order valence-corrected chi connectivity index (χ0v) is 21.0. The van der Waals surface area contributed by atoms with E-state index in [-0.39, 0.29) is 30.2 Å². The van der Waals surface area contributed by atoms with Crippen molar-refractivity contribution in [3.05, 3.63) is 69.8 Å². The lowest BCUT2D eigenvalue weighted by molar-refractivity contribution is -0.138. The van der Waals surface area contributed by atoms with Gasteiger partial charge in [-0.25, -0.2) is 0 Å². The Kier molecular flexibility index (Phi) is 7.25. The molecule has 2 aliphatic heterocycles. The quantitative estimate of drug-likeness (QED) is 0.495. The third-order valence-corrected chi connectivity index (χ3v) is 7.54. The van der Waals surface area contributed by atoms with Gasteiger partial charge in [-0.1, -0.05) is 12.1 Å². The molecule has 1 fully saturated rings. The van der Waals surface area contributed by atoms with Gasteiger partial charge in [0.1, 0.15) is 0 Å². The Morgan fingerprint density at radius 1 is 1.13 bits per heavy atom. The second-order valence-corrected chi connectivity index (χ2v) is 9.97. The molecule has 2 aliphatic rings. The molecule has 1 N–H and O–H groups in total. The number of halogens is 3. The van der Waals surface area contributed by atoms with E-state index in [4.69, 9.17) is 10.4 Å². The molecule has 0 radical (unpaired) electrons. The largest absolute Gasteiger partial charge is 0.416 e. The van der Waals surface area contributed by atoms with Crippen molar-refractivity contribution in [1.82, 2.24) is 19.6 Å². The number of aliphatic hydroxyl groups is 1. The monoisotopic (exact) mass is 540 g/mol. The lowest BCUT2D eigenvalue weighted by Crippen LogP contribution is -2.48. The van der Waals surface area contributed by atoms with Crippen molar-refractivity contribution >= 4 is 39.8 Å². The third kappa shape index (κ3) is 5.45. The third-order valence-electron chi connectivity index (χ3n) is 6.50. The van der Waals surface area contributed by atoms with E-state index in [2.05, 4.69) is 19.9 Å². The average molecular weight is 541 g/mol. The number of amides is 1. The number of carbonyl (C=O) groups is 1. The maximum absolute atomic E-state index is 13.6. The fourth-order valence-electron chi connectivity index (χ4n) is 4.52. The zero-order chi connectivity index (χ0) is 26.9. The number of fused-ring (bicyclic) bond motifs is 1. The van der Waals surface area contributed by atoms with E-state index in [1.54, 1.807) is 30.5 Å². The number of amidine groups is 1. The van der Waals surface area contributed by atoms with E-state index in [9.17, 15) is 18.0 Å². The van der Waals surface area contributed by atoms with Crippen LogP contribution in [0.15, 0.2) is 52.5 Å². The molecule has 2 aromatic carbocycles. The Morgan fingerprint density at radius 3 is 2.63 bits per heavy atom. The van der Waals surface area contributed by atoms with Gasteiger partial charge in [0.25, 0.3) is 5.91 Å². The van der Waals surface area contributed by atoms with Gasteiger partial charge in [-0.05, 0) is 53.2 Å². The van der Waals surface area contributed by atoms with Gasteiger partial charge in [0, 0.05) is 38.1 Å². The summed E-state index contributed by atoms with van der Waals surface area (Å²) in [6, 6.07) is 10.6. The summed E-state index contributed by atoms with van der Waals surface area (Å²) in [6.45, 7) is 3.69. The molecule has 3 aromatic rings. The van der Waals surface area contributed by atoms with Crippen LogP contribution in [0.25, 0.3) is 17.0 Å². The van der Waals surface area contributed by atoms with Gasteiger partial charge >= 0.3 is 6.18 Å². The highest BCUT2D eigenvalue weighted by molar-refractivity contribution is 8.18. The molecule has 12 heteroatoms. The van der Waals surface area contributed by atoms with Crippen LogP contribution in [-0.2, 0) is 17.5 Å². The molecule has 1 aromatic heterocycles. The molecule has 0 spiro atoms. The minimum atomic E-state index is -4.59. The van der Waals surface area contributed by atoms with Crippen molar-refractivity contribution in [3.63, 3.8) is 0 Å². The normalized spacial score (nSPS) is 17.9. The standard InChI is InChI=1S/C26H23F3N6O2S/c27-26(28,29)21-12-18(14-30)1-3-19(21)16-35-22-4-2-17(11-20(22)15-31-35)13-23-24(37)32-25(38-23)34-7-5-33(6-8-34)9-10-36/h1-4,11-13,15,36H,5-10,16H2/b23-13+. The summed E-state index contributed by atoms with van der Waals surface area (Å²) in [7, 11) is 0. The Morgan fingerprint density at radius 2 is 1.92 bits per heavy atom. The van der Waals surface area contributed by atoms with Crippen molar-refractivity contribution in [1.29, 1.82) is 5.26 Å². The van der Waals surface area contributed by atoms with Crippen molar-refractivity contribution < 1.29 is 23.1 Å². The van der Waals surface area contributed by atoms with E-state index >= 15 is 0 Å². The number of β-amino-alcohol motifs (C(OH)–C–C–N with tert-alkyl or cyclic N) is 1. The maximum Gasteiger partial charge on any atom is 0.416 e. The van der Waals surface area contributed by atoms with Gasteiger partial charge in [0.05, 0.1) is 47.0 Å². The molecule has 5 rings (SSSR count). The van der Waals surface area contributed by atoms with E-state index in [0.717, 1.165) is 43.2 Å². The van der Waals surface area contributed by atoms with Crippen LogP contribution in [0.5, 0.6) is 0 Å². The van der Waals surface area contributed by atoms with Crippen LogP contribution in [0.2, 0.25) is 0 Å². The Hall–Kier alpha value is -3.66. The van der Waals surface area contributed by atoms with Gasteiger partial charge in [0.15, 0.2) is 5.17 Å². The van der Waals surface area contributed by atoms with Crippen molar-refractivity contribution in [2.24, 2.45) is 4.99 Å². The number of rotatable bonds is 5. The molecule has 38 heavy (non-hydrogen) atoms. The van der Waals surface area contributed by atoms with Gasteiger partial charge in [-0.15, -0.1) is 0 Å². The number of nitriles is 1. The first-order chi connectivity index (χ1) is 18.2. The molecule has 0 unspecified atom stereocenters. The first-order valence-corrected chi connectivity index (χ1v) is 12.7. The minimum Gasteiger partial charge on any atom is -0.395 e. The summed E-state index contributed by atoms with van der Waals surface area (Å²) in [5.41, 5.74) is 0.505. The zero-order valence-electron chi connectivity index (χ0n) is 20.1. The summed E-state index contributed by atoms with van der Waals surface area (Å²) in [6.07, 6.45) is -1.26. The molecular weight excluding hydrogens is 517 g/mol. The molecule has 3 heterocycles. The lowest BCUT2D eigenvalue weighted by Gasteiger charge is -2.34. The highest BCUT2D eigenvalue weighted by Gasteiger charge is 2.34. The number of nitrogens with zero attached hydrogens (tertiary/aromatic N) is 6. The fraction of sp³-hybridized carbons (Fsp3) is 0.308. The summed E-state index contributed by atoms with van der Waals surface area (Å²) in [5, 5.41) is 23.8. The summed E-state index contributed by atoms with van der Waals surface area (Å²) < 4.78 is 42.2. The minimum absolute atomic E-state index is 0.0162. The van der Waals surface area contributed by atoms with E-state index in [1.807, 2.05) is 6.07 Å². The number of piperazine rings is 1. The number of hydrogen-bond donors (Lipinski definition) is 1. The van der Waals surface area contributed by atoms with Gasteiger partial charge < -0.3 is 10.0 Å². The van der Waals surface area contributed by atoms with Crippen LogP contribution in [0.3, 0.4) is 0 Å². The van der Waals surface area contributed by atoms with Crippen LogP contribution >= 0.6 is 11.8 Å². The number of aliphatic hydroxyl groups excluding tert-OH is 1. The Balaban J connectivity index is 1.32. The maximum atomic E-state index is 13.6. The molecule has 0 atom stereocenters. The van der Waals surface area contributed by atoms with Crippen LogP contribution in [-0.4, -0.2) is 75.1 Å². The topological polar surface area (TPSA) is 97.8 Å². The predicted octanol–water partition coefficient (Wildman–Crippen LogP) is 3.56. The number of aromatic nitrogens is 2. The number of alkyl halides is 3. The molecule has 196 valence electrons. The second kappa shape index (κ2) is 10.6. The SMILES string of the molecule is N#Cc1ccc(Cn2ncc3cc(/C=C4/SC(N5CCN(CCO)CC5)=NC4=O)ccc32)c(C(F)(F)F)c1. The van der Waals surface area contributed by atoms with Crippen molar-refractivity contribution in [2.75, 3.05) is 39.3 Å². The molecule has 8 nitrogen and oxygen atoms in total. The van der Waals surface area contributed by atoms with E-state index in [0.29, 0.717) is 22.1 Å². The molecule has 1 amide bonds. The number of thioether (sulfide) groups is 1. The first kappa shape index (κ1) is 26.0.